The molecule has 0 amide bonds. The molecular weight excluding hydrogens is 709 g/mol. The van der Waals surface area contributed by atoms with E-state index in [0.717, 1.165) is 39.5 Å². The van der Waals surface area contributed by atoms with Crippen LogP contribution in [0.3, 0.4) is 0 Å². The third kappa shape index (κ3) is 5.50. The zero-order valence-corrected chi connectivity index (χ0v) is 32.4. The Balaban J connectivity index is 1.07. The number of benzene rings is 8. The summed E-state index contributed by atoms with van der Waals surface area (Å²) in [4.78, 5) is 3.38. The van der Waals surface area contributed by atoms with Crippen molar-refractivity contribution < 1.29 is 0 Å². The highest BCUT2D eigenvalue weighted by Crippen LogP contribution is 2.46. The number of rotatable bonds is 6. The second-order valence-corrected chi connectivity index (χ2v) is 15.6. The van der Waals surface area contributed by atoms with Crippen LogP contribution in [-0.4, -0.2) is 4.40 Å². The summed E-state index contributed by atoms with van der Waals surface area (Å²) < 4.78 is 2.47. The number of aromatic nitrogens is 1. The van der Waals surface area contributed by atoms with Crippen LogP contribution in [0.4, 0.5) is 17.1 Å². The van der Waals surface area contributed by atoms with E-state index in [4.69, 9.17) is 12.6 Å². The van der Waals surface area contributed by atoms with E-state index in [1.165, 1.54) is 77.4 Å². The molecule has 0 bridgehead atoms. The van der Waals surface area contributed by atoms with Crippen LogP contribution in [0.5, 0.6) is 0 Å². The van der Waals surface area contributed by atoms with Gasteiger partial charge in [-0.1, -0.05) is 140 Å². The van der Waals surface area contributed by atoms with Gasteiger partial charge in [-0.2, -0.15) is 0 Å². The number of nitrogens with zero attached hydrogens (tertiary/aromatic N) is 2. The minimum atomic E-state index is 0.944. The van der Waals surface area contributed by atoms with Gasteiger partial charge < -0.3 is 9.30 Å². The Morgan fingerprint density at radius 3 is 1.88 bits per heavy atom. The maximum absolute atomic E-state index is 4.77. The van der Waals surface area contributed by atoms with Crippen molar-refractivity contribution in [1.29, 1.82) is 0 Å². The fourth-order valence-corrected chi connectivity index (χ4v) is 9.56. The Hall–Kier alpha value is -6.81. The van der Waals surface area contributed by atoms with E-state index in [9.17, 15) is 0 Å². The lowest BCUT2D eigenvalue weighted by Gasteiger charge is -2.27. The molecule has 0 aliphatic heterocycles. The van der Waals surface area contributed by atoms with E-state index in [0.29, 0.717) is 0 Å². The van der Waals surface area contributed by atoms with Crippen LogP contribution < -0.4 is 4.90 Å². The molecule has 270 valence electrons. The van der Waals surface area contributed by atoms with Gasteiger partial charge in [-0.25, -0.2) is 0 Å². The van der Waals surface area contributed by atoms with Gasteiger partial charge in [0.1, 0.15) is 0 Å². The number of hydrogen-bond acceptors (Lipinski definition) is 2. The lowest BCUT2D eigenvalue weighted by Crippen LogP contribution is -2.11. The average molecular weight is 747 g/mol. The van der Waals surface area contributed by atoms with Crippen molar-refractivity contribution in [3.63, 3.8) is 0 Å². The minimum Gasteiger partial charge on any atom is -0.310 e. The molecule has 10 aromatic rings. The summed E-state index contributed by atoms with van der Waals surface area (Å²) in [6, 6.07) is 70.8. The van der Waals surface area contributed by atoms with Crippen LogP contribution in [-0.2, 0) is 6.42 Å². The molecule has 0 saturated carbocycles. The standard InChI is InChI=1S/C54H38N2S/c1-35-32-44(34-41-33-40-15-5-7-17-46(40)52(35)41)55(42-27-22-36(23-28-42)45-16-8-10-21-51(45)57)43-29-24-37(25-30-43)47-18-11-19-48-53(39-13-3-2-4-14-39)50-31-26-38-12-6-9-20-49(38)56(50)54(47)48/h2-32,34,57H,33H2,1H3. The maximum Gasteiger partial charge on any atom is 0.0619 e. The molecular formula is C54H38N2S. The molecule has 1 aliphatic carbocycles. The predicted octanol–water partition coefficient (Wildman–Crippen LogP) is 14.9. The normalized spacial score (nSPS) is 12.0. The van der Waals surface area contributed by atoms with Crippen molar-refractivity contribution in [2.45, 2.75) is 18.2 Å². The Kier molecular flexibility index (Phi) is 7.90. The van der Waals surface area contributed by atoms with Crippen LogP contribution in [0.25, 0.3) is 71.8 Å². The van der Waals surface area contributed by atoms with Crippen LogP contribution in [0.2, 0.25) is 0 Å². The first kappa shape index (κ1) is 33.5. The predicted molar refractivity (Wildman–Crippen MR) is 244 cm³/mol. The van der Waals surface area contributed by atoms with Gasteiger partial charge in [0.05, 0.1) is 16.6 Å². The van der Waals surface area contributed by atoms with Gasteiger partial charge in [-0.3, -0.25) is 0 Å². The fourth-order valence-electron chi connectivity index (χ4n) is 9.27. The molecule has 2 heterocycles. The van der Waals surface area contributed by atoms with Crippen LogP contribution >= 0.6 is 12.6 Å². The van der Waals surface area contributed by atoms with Crippen molar-refractivity contribution >= 4 is 57.0 Å². The van der Waals surface area contributed by atoms with Gasteiger partial charge in [-0.15, -0.1) is 12.6 Å². The quantitative estimate of drug-likeness (QED) is 0.167. The van der Waals surface area contributed by atoms with E-state index < -0.39 is 0 Å². The number of pyridine rings is 1. The molecule has 0 fully saturated rings. The van der Waals surface area contributed by atoms with Crippen molar-refractivity contribution in [3.05, 3.63) is 211 Å². The highest BCUT2D eigenvalue weighted by Gasteiger charge is 2.24. The summed E-state index contributed by atoms with van der Waals surface area (Å²) in [5, 5.41) is 2.47. The summed E-state index contributed by atoms with van der Waals surface area (Å²) in [5.41, 5.74) is 21.0. The molecule has 3 heteroatoms. The van der Waals surface area contributed by atoms with Gasteiger partial charge in [-0.05, 0) is 123 Å². The van der Waals surface area contributed by atoms with Crippen LogP contribution in [0, 0.1) is 6.92 Å². The maximum atomic E-state index is 4.77. The summed E-state index contributed by atoms with van der Waals surface area (Å²) in [6.45, 7) is 2.26. The third-order valence-corrected chi connectivity index (χ3v) is 12.2. The average Bonchev–Trinajstić information content (AvgIpc) is 3.81. The van der Waals surface area contributed by atoms with Gasteiger partial charge in [0, 0.05) is 38.5 Å². The van der Waals surface area contributed by atoms with Crippen molar-refractivity contribution in [1.82, 2.24) is 4.40 Å². The molecule has 8 aromatic carbocycles. The number of para-hydroxylation sites is 2. The SMILES string of the molecule is Cc1cc(N(c2ccc(-c3ccccc3S)cc2)c2ccc(-c3cccc4c(-c5ccccc5)c5ccc6ccccc6n5c34)cc2)cc2c1-c1ccccc1C2. The number of anilines is 3. The molecule has 0 unspecified atom stereocenters. The molecule has 57 heavy (non-hydrogen) atoms. The first-order chi connectivity index (χ1) is 28.1. The molecule has 0 N–H and O–H groups in total. The Labute approximate surface area is 338 Å². The largest absolute Gasteiger partial charge is 0.310 e. The first-order valence-corrected chi connectivity index (χ1v) is 20.1. The van der Waals surface area contributed by atoms with Gasteiger partial charge in [0.25, 0.3) is 0 Å². The third-order valence-electron chi connectivity index (χ3n) is 11.8. The van der Waals surface area contributed by atoms with Crippen LogP contribution in [0.15, 0.2) is 199 Å². The van der Waals surface area contributed by atoms with Crippen LogP contribution in [0.1, 0.15) is 16.7 Å². The highest BCUT2D eigenvalue weighted by atomic mass is 32.1. The highest BCUT2D eigenvalue weighted by molar-refractivity contribution is 7.80. The number of aryl methyl sites for hydroxylation is 1. The summed E-state index contributed by atoms with van der Waals surface area (Å²) in [6.07, 6.45) is 0.944. The van der Waals surface area contributed by atoms with Gasteiger partial charge in [0.2, 0.25) is 0 Å². The molecule has 2 aromatic heterocycles. The number of hydrogen-bond donors (Lipinski definition) is 1. The minimum absolute atomic E-state index is 0.944. The summed E-state index contributed by atoms with van der Waals surface area (Å²) in [7, 11) is 0. The zero-order valence-electron chi connectivity index (χ0n) is 31.5. The molecule has 1 aliphatic rings. The van der Waals surface area contributed by atoms with Crippen molar-refractivity contribution in [2.75, 3.05) is 4.90 Å². The van der Waals surface area contributed by atoms with Gasteiger partial charge >= 0.3 is 0 Å². The molecule has 11 rings (SSSR count). The Bertz CT molecular complexity index is 3160. The number of fused-ring (bicyclic) bond motifs is 8. The molecule has 2 nitrogen and oxygen atoms in total. The van der Waals surface area contributed by atoms with Crippen molar-refractivity contribution in [3.8, 4) is 44.5 Å². The summed E-state index contributed by atoms with van der Waals surface area (Å²) >= 11 is 4.77. The fraction of sp³-hybridized carbons (Fsp3) is 0.0370. The molecule has 0 radical (unpaired) electrons. The number of thiol groups is 1. The monoisotopic (exact) mass is 746 g/mol. The second-order valence-electron chi connectivity index (χ2n) is 15.1. The summed E-state index contributed by atoms with van der Waals surface area (Å²) in [5.74, 6) is 0. The Morgan fingerprint density at radius 2 is 1.11 bits per heavy atom. The van der Waals surface area contributed by atoms with E-state index in [2.05, 4.69) is 198 Å². The van der Waals surface area contributed by atoms with E-state index in [1.807, 2.05) is 12.1 Å². The first-order valence-electron chi connectivity index (χ1n) is 19.6. The zero-order chi connectivity index (χ0) is 38.0. The van der Waals surface area contributed by atoms with Crippen molar-refractivity contribution in [2.24, 2.45) is 0 Å². The van der Waals surface area contributed by atoms with E-state index >= 15 is 0 Å². The molecule has 0 saturated heterocycles. The molecule has 0 atom stereocenters. The lowest BCUT2D eigenvalue weighted by atomic mass is 9.97. The lowest BCUT2D eigenvalue weighted by molar-refractivity contribution is 1.22. The smallest absolute Gasteiger partial charge is 0.0619 e. The topological polar surface area (TPSA) is 7.65 Å². The molecule has 0 spiro atoms. The van der Waals surface area contributed by atoms with E-state index in [1.54, 1.807) is 0 Å². The van der Waals surface area contributed by atoms with E-state index in [-0.39, 0.29) is 0 Å². The second kappa shape index (κ2) is 13.4. The Morgan fingerprint density at radius 1 is 0.456 bits per heavy atom. The van der Waals surface area contributed by atoms with Gasteiger partial charge in [0.15, 0.2) is 0 Å².